The molecule has 1 amide bonds. The third kappa shape index (κ3) is 3.59. The lowest BCUT2D eigenvalue weighted by Crippen LogP contribution is -2.35. The first-order valence-electron chi connectivity index (χ1n) is 7.81. The lowest BCUT2D eigenvalue weighted by atomic mass is 10.3. The monoisotopic (exact) mass is 338 g/mol. The fourth-order valence-electron chi connectivity index (χ4n) is 3.04. The molecule has 1 aliphatic rings. The molecule has 0 saturated carbocycles. The van der Waals surface area contributed by atoms with Crippen molar-refractivity contribution in [1.29, 1.82) is 0 Å². The van der Waals surface area contributed by atoms with Gasteiger partial charge in [-0.25, -0.2) is 4.79 Å². The maximum Gasteiger partial charge on any atom is 0.328 e. The molecule has 0 atom stereocenters. The topological polar surface area (TPSA) is 59.3 Å². The second kappa shape index (κ2) is 7.66. The van der Waals surface area contributed by atoms with Gasteiger partial charge in [-0.05, 0) is 25.1 Å². The summed E-state index contributed by atoms with van der Waals surface area (Å²) in [5.74, 6) is 0.128. The van der Waals surface area contributed by atoms with Crippen LogP contribution in [-0.4, -0.2) is 46.1 Å². The summed E-state index contributed by atoms with van der Waals surface area (Å²) in [4.78, 5) is 26.6. The quantitative estimate of drug-likeness (QED) is 0.907. The van der Waals surface area contributed by atoms with E-state index < -0.39 is 0 Å². The number of carbonyl (C=O) groups is 1. The van der Waals surface area contributed by atoms with Crippen molar-refractivity contribution in [1.82, 2.24) is 19.4 Å². The molecule has 126 valence electrons. The van der Waals surface area contributed by atoms with Crippen molar-refractivity contribution in [3.05, 3.63) is 34.7 Å². The number of benzene rings is 1. The van der Waals surface area contributed by atoms with Crippen LogP contribution in [0.5, 0.6) is 0 Å². The molecular formula is C16H23ClN4O2. The van der Waals surface area contributed by atoms with Gasteiger partial charge >= 0.3 is 5.69 Å². The number of halogens is 1. The van der Waals surface area contributed by atoms with Gasteiger partial charge in [-0.1, -0.05) is 12.1 Å². The van der Waals surface area contributed by atoms with Crippen molar-refractivity contribution in [3.8, 4) is 0 Å². The highest BCUT2D eigenvalue weighted by molar-refractivity contribution is 5.85. The summed E-state index contributed by atoms with van der Waals surface area (Å²) in [6.07, 6.45) is 1.36. The Labute approximate surface area is 141 Å². The number of aryl methyl sites for hydroxylation is 2. The van der Waals surface area contributed by atoms with E-state index in [2.05, 4.69) is 5.32 Å². The molecule has 0 aliphatic carbocycles. The van der Waals surface area contributed by atoms with Crippen LogP contribution in [0, 0.1) is 0 Å². The predicted octanol–water partition coefficient (Wildman–Crippen LogP) is 0.974. The number of carbonyl (C=O) groups excluding carboxylic acids is 1. The van der Waals surface area contributed by atoms with Crippen LogP contribution < -0.4 is 11.0 Å². The molecule has 3 rings (SSSR count). The minimum Gasteiger partial charge on any atom is -0.341 e. The van der Waals surface area contributed by atoms with E-state index in [0.717, 1.165) is 43.6 Å². The Morgan fingerprint density at radius 2 is 1.91 bits per heavy atom. The summed E-state index contributed by atoms with van der Waals surface area (Å²) in [6.45, 7) is 3.80. The van der Waals surface area contributed by atoms with Gasteiger partial charge < -0.3 is 10.2 Å². The van der Waals surface area contributed by atoms with Gasteiger partial charge in [-0.15, -0.1) is 12.4 Å². The zero-order valence-corrected chi connectivity index (χ0v) is 14.1. The maximum absolute atomic E-state index is 12.4. The van der Waals surface area contributed by atoms with E-state index in [1.165, 1.54) is 0 Å². The van der Waals surface area contributed by atoms with E-state index in [-0.39, 0.29) is 24.0 Å². The van der Waals surface area contributed by atoms with E-state index in [1.54, 1.807) is 16.2 Å². The lowest BCUT2D eigenvalue weighted by molar-refractivity contribution is -0.131. The molecule has 1 aromatic carbocycles. The van der Waals surface area contributed by atoms with Crippen LogP contribution in [0.1, 0.15) is 12.8 Å². The molecule has 2 aromatic rings. The maximum atomic E-state index is 12.4. The number of nitrogens with one attached hydrogen (secondary N) is 1. The average molecular weight is 339 g/mol. The fourth-order valence-corrected chi connectivity index (χ4v) is 3.04. The number of hydrogen-bond donors (Lipinski definition) is 1. The summed E-state index contributed by atoms with van der Waals surface area (Å²) >= 11 is 0. The number of imidazole rings is 1. The molecule has 0 bridgehead atoms. The third-order valence-corrected chi connectivity index (χ3v) is 4.29. The molecule has 1 saturated heterocycles. The average Bonchev–Trinajstić information content (AvgIpc) is 2.75. The summed E-state index contributed by atoms with van der Waals surface area (Å²) in [5.41, 5.74) is 1.73. The molecule has 1 fully saturated rings. The summed E-state index contributed by atoms with van der Waals surface area (Å²) < 4.78 is 3.33. The van der Waals surface area contributed by atoms with Crippen molar-refractivity contribution >= 4 is 29.3 Å². The van der Waals surface area contributed by atoms with Crippen LogP contribution in [0.15, 0.2) is 29.1 Å². The standard InChI is InChI=1S/C16H22N4O2.ClH/c1-18-13-5-2-3-6-14(13)20(16(18)22)11-7-15(21)19-10-4-8-17-9-12-19;/h2-3,5-6,17H,4,7-12H2,1H3;1H. The molecule has 2 heterocycles. The van der Waals surface area contributed by atoms with E-state index >= 15 is 0 Å². The molecule has 0 radical (unpaired) electrons. The van der Waals surface area contributed by atoms with Gasteiger partial charge in [0, 0.05) is 39.6 Å². The zero-order valence-electron chi connectivity index (χ0n) is 13.3. The van der Waals surface area contributed by atoms with Crippen molar-refractivity contribution in [3.63, 3.8) is 0 Å². The molecular weight excluding hydrogens is 316 g/mol. The number of nitrogens with zero attached hydrogens (tertiary/aromatic N) is 3. The zero-order chi connectivity index (χ0) is 15.5. The second-order valence-corrected chi connectivity index (χ2v) is 5.72. The van der Waals surface area contributed by atoms with Crippen molar-refractivity contribution in [2.75, 3.05) is 26.2 Å². The highest BCUT2D eigenvalue weighted by Crippen LogP contribution is 2.12. The molecule has 1 N–H and O–H groups in total. The van der Waals surface area contributed by atoms with Gasteiger partial charge in [-0.3, -0.25) is 13.9 Å². The van der Waals surface area contributed by atoms with Crippen molar-refractivity contribution in [2.45, 2.75) is 19.4 Å². The number of fused-ring (bicyclic) bond motifs is 1. The lowest BCUT2D eigenvalue weighted by Gasteiger charge is -2.19. The van der Waals surface area contributed by atoms with Crippen molar-refractivity contribution < 1.29 is 4.79 Å². The van der Waals surface area contributed by atoms with Gasteiger partial charge in [0.2, 0.25) is 5.91 Å². The molecule has 0 spiro atoms. The van der Waals surface area contributed by atoms with E-state index in [1.807, 2.05) is 29.2 Å². The smallest absolute Gasteiger partial charge is 0.328 e. The summed E-state index contributed by atoms with van der Waals surface area (Å²) in [5, 5.41) is 3.29. The van der Waals surface area contributed by atoms with Crippen LogP contribution in [0.2, 0.25) is 0 Å². The summed E-state index contributed by atoms with van der Waals surface area (Å²) in [7, 11) is 1.77. The minimum atomic E-state index is -0.0634. The van der Waals surface area contributed by atoms with Gasteiger partial charge in [0.05, 0.1) is 11.0 Å². The Morgan fingerprint density at radius 3 is 2.70 bits per heavy atom. The van der Waals surface area contributed by atoms with Gasteiger partial charge in [0.15, 0.2) is 0 Å². The molecule has 1 aliphatic heterocycles. The van der Waals surface area contributed by atoms with Crippen LogP contribution in [0.3, 0.4) is 0 Å². The Balaban J connectivity index is 0.00000192. The van der Waals surface area contributed by atoms with E-state index in [4.69, 9.17) is 0 Å². The number of hydrogen-bond acceptors (Lipinski definition) is 3. The van der Waals surface area contributed by atoms with Gasteiger partial charge in [0.25, 0.3) is 0 Å². The van der Waals surface area contributed by atoms with Crippen LogP contribution in [-0.2, 0) is 18.4 Å². The molecule has 23 heavy (non-hydrogen) atoms. The molecule has 7 heteroatoms. The highest BCUT2D eigenvalue weighted by atomic mass is 35.5. The summed E-state index contributed by atoms with van der Waals surface area (Å²) in [6, 6.07) is 7.69. The number of para-hydroxylation sites is 2. The molecule has 6 nitrogen and oxygen atoms in total. The minimum absolute atomic E-state index is 0. The first-order valence-corrected chi connectivity index (χ1v) is 7.81. The van der Waals surface area contributed by atoms with Crippen molar-refractivity contribution in [2.24, 2.45) is 7.05 Å². The number of amides is 1. The van der Waals surface area contributed by atoms with Crippen LogP contribution in [0.25, 0.3) is 11.0 Å². The number of aromatic nitrogens is 2. The normalized spacial score (nSPS) is 15.3. The Morgan fingerprint density at radius 1 is 1.17 bits per heavy atom. The van der Waals surface area contributed by atoms with Crippen LogP contribution >= 0.6 is 12.4 Å². The predicted molar refractivity (Wildman–Crippen MR) is 93.1 cm³/mol. The Bertz CT molecular complexity index is 729. The van der Waals surface area contributed by atoms with E-state index in [9.17, 15) is 9.59 Å². The fraction of sp³-hybridized carbons (Fsp3) is 0.500. The Hall–Kier alpha value is -1.79. The molecule has 0 unspecified atom stereocenters. The first kappa shape index (κ1) is 17.6. The first-order chi connectivity index (χ1) is 10.7. The largest absolute Gasteiger partial charge is 0.341 e. The SMILES string of the molecule is Cl.Cn1c(=O)n(CCC(=O)N2CCCNCC2)c2ccccc21. The Kier molecular flexibility index (Phi) is 5.85. The van der Waals surface area contributed by atoms with Gasteiger partial charge in [0.1, 0.15) is 0 Å². The highest BCUT2D eigenvalue weighted by Gasteiger charge is 2.16. The third-order valence-electron chi connectivity index (χ3n) is 4.29. The van der Waals surface area contributed by atoms with Crippen LogP contribution in [0.4, 0.5) is 0 Å². The number of rotatable bonds is 3. The second-order valence-electron chi connectivity index (χ2n) is 5.72. The van der Waals surface area contributed by atoms with Gasteiger partial charge in [-0.2, -0.15) is 0 Å². The molecule has 1 aromatic heterocycles. The van der Waals surface area contributed by atoms with E-state index in [0.29, 0.717) is 13.0 Å².